The van der Waals surface area contributed by atoms with Crippen molar-refractivity contribution >= 4 is 32.7 Å². The number of benzene rings is 2. The van der Waals surface area contributed by atoms with Crippen LogP contribution >= 0.6 is 11.3 Å². The van der Waals surface area contributed by atoms with Gasteiger partial charge in [0.1, 0.15) is 5.82 Å². The Morgan fingerprint density at radius 1 is 1.19 bits per heavy atom. The van der Waals surface area contributed by atoms with Crippen molar-refractivity contribution in [3.05, 3.63) is 65.3 Å². The lowest BCUT2D eigenvalue weighted by molar-refractivity contribution is -0.0440. The van der Waals surface area contributed by atoms with E-state index in [-0.39, 0.29) is 22.9 Å². The Kier molecular flexibility index (Phi) is 6.66. The normalized spacial score (nSPS) is 20.0. The van der Waals surface area contributed by atoms with Gasteiger partial charge in [0, 0.05) is 29.6 Å². The summed E-state index contributed by atoms with van der Waals surface area (Å²) in [5.74, 6) is -0.361. The zero-order valence-electron chi connectivity index (χ0n) is 17.6. The number of hydrazone groups is 1. The molecule has 1 fully saturated rings. The molecule has 0 spiro atoms. The maximum atomic E-state index is 13.7. The highest BCUT2D eigenvalue weighted by Crippen LogP contribution is 2.28. The van der Waals surface area contributed by atoms with E-state index in [9.17, 15) is 12.8 Å². The molecule has 2 aromatic carbocycles. The van der Waals surface area contributed by atoms with E-state index in [1.807, 2.05) is 25.3 Å². The quantitative estimate of drug-likeness (QED) is 0.428. The Labute approximate surface area is 190 Å². The summed E-state index contributed by atoms with van der Waals surface area (Å²) < 4.78 is 47.1. The summed E-state index contributed by atoms with van der Waals surface area (Å²) in [5, 5.41) is 6.35. The predicted octanol–water partition coefficient (Wildman–Crippen LogP) is 4.19. The van der Waals surface area contributed by atoms with Gasteiger partial charge in [-0.2, -0.15) is 9.41 Å². The first-order chi connectivity index (χ1) is 15.3. The second kappa shape index (κ2) is 9.45. The van der Waals surface area contributed by atoms with Crippen molar-refractivity contribution in [3.63, 3.8) is 0 Å². The van der Waals surface area contributed by atoms with Crippen molar-refractivity contribution in [2.75, 3.05) is 18.5 Å². The number of anilines is 1. The van der Waals surface area contributed by atoms with Gasteiger partial charge in [-0.3, -0.25) is 5.43 Å². The molecule has 0 radical (unpaired) electrons. The number of halogens is 1. The number of hydrogen-bond acceptors (Lipinski definition) is 7. The van der Waals surface area contributed by atoms with E-state index in [4.69, 9.17) is 4.74 Å². The van der Waals surface area contributed by atoms with Crippen molar-refractivity contribution in [2.24, 2.45) is 5.10 Å². The van der Waals surface area contributed by atoms with Crippen LogP contribution in [0.15, 0.2) is 63.9 Å². The van der Waals surface area contributed by atoms with E-state index >= 15 is 0 Å². The van der Waals surface area contributed by atoms with E-state index in [0.29, 0.717) is 35.0 Å². The highest BCUT2D eigenvalue weighted by Gasteiger charge is 2.32. The number of aromatic nitrogens is 1. The number of hydrogen-bond donors (Lipinski definition) is 1. The van der Waals surface area contributed by atoms with Crippen LogP contribution in [0.25, 0.3) is 11.3 Å². The average molecular weight is 475 g/mol. The molecule has 0 bridgehead atoms. The predicted molar refractivity (Wildman–Crippen MR) is 124 cm³/mol. The van der Waals surface area contributed by atoms with Crippen molar-refractivity contribution in [3.8, 4) is 11.3 Å². The second-order valence-corrected chi connectivity index (χ2v) is 10.3. The first-order valence-electron chi connectivity index (χ1n) is 10.1. The molecule has 0 amide bonds. The highest BCUT2D eigenvalue weighted by molar-refractivity contribution is 7.89. The molecule has 1 aliphatic rings. The van der Waals surface area contributed by atoms with Crippen molar-refractivity contribution in [1.82, 2.24) is 9.29 Å². The lowest BCUT2D eigenvalue weighted by atomic mass is 10.2. The molecule has 2 heterocycles. The Morgan fingerprint density at radius 3 is 2.69 bits per heavy atom. The van der Waals surface area contributed by atoms with Crippen LogP contribution in [0.4, 0.5) is 9.52 Å². The molecule has 4 rings (SSSR count). The molecular formula is C22H23FN4O3S2. The van der Waals surface area contributed by atoms with E-state index < -0.39 is 10.0 Å². The molecule has 168 valence electrons. The highest BCUT2D eigenvalue weighted by atomic mass is 32.2. The van der Waals surface area contributed by atoms with Crippen LogP contribution in [-0.2, 0) is 14.8 Å². The van der Waals surface area contributed by atoms with Crippen LogP contribution in [0, 0.1) is 5.82 Å². The first-order valence-corrected chi connectivity index (χ1v) is 12.4. The monoisotopic (exact) mass is 474 g/mol. The van der Waals surface area contributed by atoms with Gasteiger partial charge in [0.2, 0.25) is 15.2 Å². The van der Waals surface area contributed by atoms with Crippen molar-refractivity contribution in [2.45, 2.75) is 31.0 Å². The fraction of sp³-hybridized carbons (Fsp3) is 0.273. The summed E-state index contributed by atoms with van der Waals surface area (Å²) in [6, 6.07) is 13.1. The molecule has 0 aliphatic carbocycles. The molecule has 1 aromatic heterocycles. The third-order valence-electron chi connectivity index (χ3n) is 4.93. The summed E-state index contributed by atoms with van der Waals surface area (Å²) in [4.78, 5) is 4.68. The number of nitrogens with one attached hydrogen (secondary N) is 1. The molecule has 32 heavy (non-hydrogen) atoms. The second-order valence-electron chi connectivity index (χ2n) is 7.54. The number of rotatable bonds is 6. The summed E-state index contributed by atoms with van der Waals surface area (Å²) in [6.07, 6.45) is 1.07. The van der Waals surface area contributed by atoms with Crippen LogP contribution in [-0.4, -0.2) is 49.2 Å². The van der Waals surface area contributed by atoms with Gasteiger partial charge in [-0.1, -0.05) is 30.3 Å². The molecule has 0 unspecified atom stereocenters. The summed E-state index contributed by atoms with van der Waals surface area (Å²) in [6.45, 7) is 4.38. The molecular weight excluding hydrogens is 451 g/mol. The summed E-state index contributed by atoms with van der Waals surface area (Å²) >= 11 is 1.32. The summed E-state index contributed by atoms with van der Waals surface area (Å²) in [5.41, 5.74) is 4.46. The van der Waals surface area contributed by atoms with Gasteiger partial charge in [0.05, 0.1) is 29.0 Å². The van der Waals surface area contributed by atoms with Gasteiger partial charge in [0.25, 0.3) is 0 Å². The maximum Gasteiger partial charge on any atom is 0.243 e. The fourth-order valence-electron chi connectivity index (χ4n) is 3.49. The number of ether oxygens (including phenoxy) is 1. The molecule has 10 heteroatoms. The molecule has 2 atom stereocenters. The first kappa shape index (κ1) is 22.5. The minimum Gasteiger partial charge on any atom is -0.373 e. The minimum atomic E-state index is -3.65. The van der Waals surface area contributed by atoms with E-state index in [2.05, 4.69) is 15.5 Å². The van der Waals surface area contributed by atoms with Gasteiger partial charge in [-0.05, 0) is 32.0 Å². The molecule has 1 aliphatic heterocycles. The van der Waals surface area contributed by atoms with Gasteiger partial charge in [-0.25, -0.2) is 17.8 Å². The van der Waals surface area contributed by atoms with Crippen LogP contribution in [0.3, 0.4) is 0 Å². The lowest BCUT2D eigenvalue weighted by Gasteiger charge is -2.34. The van der Waals surface area contributed by atoms with Crippen LogP contribution in [0.5, 0.6) is 0 Å². The Morgan fingerprint density at radius 2 is 1.94 bits per heavy atom. The Hall–Kier alpha value is -2.66. The SMILES string of the molecule is C[C@H]1CN(S(=O)(=O)c2cccc(-c3csc(N/N=C\c4ccccc4F)n3)c2)C[C@H](C)O1. The number of thiazole rings is 1. The topological polar surface area (TPSA) is 83.9 Å². The van der Waals surface area contributed by atoms with Crippen LogP contribution < -0.4 is 5.43 Å². The van der Waals surface area contributed by atoms with Crippen molar-refractivity contribution < 1.29 is 17.5 Å². The smallest absolute Gasteiger partial charge is 0.243 e. The zero-order valence-corrected chi connectivity index (χ0v) is 19.2. The number of nitrogens with zero attached hydrogens (tertiary/aromatic N) is 3. The van der Waals surface area contributed by atoms with Crippen molar-refractivity contribution in [1.29, 1.82) is 0 Å². The minimum absolute atomic E-state index is 0.159. The Balaban J connectivity index is 1.50. The van der Waals surface area contributed by atoms with Crippen LogP contribution in [0.2, 0.25) is 0 Å². The summed E-state index contributed by atoms with van der Waals surface area (Å²) in [7, 11) is -3.65. The fourth-order valence-corrected chi connectivity index (χ4v) is 5.79. The molecule has 7 nitrogen and oxygen atoms in total. The lowest BCUT2D eigenvalue weighted by Crippen LogP contribution is -2.48. The Bertz CT molecular complexity index is 1220. The largest absolute Gasteiger partial charge is 0.373 e. The third kappa shape index (κ3) is 5.04. The van der Waals surface area contributed by atoms with Gasteiger partial charge in [0.15, 0.2) is 0 Å². The third-order valence-corrected chi connectivity index (χ3v) is 7.50. The molecule has 1 N–H and O–H groups in total. The van der Waals surface area contributed by atoms with E-state index in [1.54, 1.807) is 36.4 Å². The molecule has 1 saturated heterocycles. The van der Waals surface area contributed by atoms with Gasteiger partial charge >= 0.3 is 0 Å². The van der Waals surface area contributed by atoms with Crippen LogP contribution in [0.1, 0.15) is 19.4 Å². The molecule has 3 aromatic rings. The standard InChI is InChI=1S/C22H23FN4O3S2/c1-15-12-27(13-16(2)30-15)32(28,29)19-8-5-7-17(10-19)21-14-31-22(25-21)26-24-11-18-6-3-4-9-20(18)23/h3-11,14-16H,12-13H2,1-2H3,(H,25,26)/b24-11-/t15-,16-/m0/s1. The number of morpholine rings is 1. The van der Waals surface area contributed by atoms with Gasteiger partial charge < -0.3 is 4.74 Å². The van der Waals surface area contributed by atoms with E-state index in [1.165, 1.54) is 27.9 Å². The zero-order chi connectivity index (χ0) is 22.7. The van der Waals surface area contributed by atoms with E-state index in [0.717, 1.165) is 0 Å². The average Bonchev–Trinajstić information content (AvgIpc) is 3.23. The van der Waals surface area contributed by atoms with Gasteiger partial charge in [-0.15, -0.1) is 11.3 Å². The number of sulfonamides is 1. The molecule has 0 saturated carbocycles. The maximum absolute atomic E-state index is 13.7.